The zero-order chi connectivity index (χ0) is 24.4. The molecule has 1 fully saturated rings. The van der Waals surface area contributed by atoms with E-state index in [1.54, 1.807) is 6.92 Å². The summed E-state index contributed by atoms with van der Waals surface area (Å²) in [6.07, 6.45) is 1.25. The number of urea groups is 1. The summed E-state index contributed by atoms with van der Waals surface area (Å²) in [7, 11) is 0. The summed E-state index contributed by atoms with van der Waals surface area (Å²) in [5, 5.41) is 4.84. The number of ether oxygens (including phenoxy) is 2. The molecule has 2 aromatic rings. The minimum atomic E-state index is -3.27. The average molecular weight is 463 g/mol. The third-order valence-electron chi connectivity index (χ3n) is 5.05. The number of aryl methyl sites for hydroxylation is 1. The Labute approximate surface area is 193 Å². The van der Waals surface area contributed by atoms with Crippen molar-refractivity contribution < 1.29 is 27.8 Å². The second-order valence-electron chi connectivity index (χ2n) is 7.64. The highest BCUT2D eigenvalue weighted by atomic mass is 19.3. The molecular weight excluding hydrogens is 430 g/mol. The summed E-state index contributed by atoms with van der Waals surface area (Å²) in [5.41, 5.74) is 0.598. The number of nitrogens with one attached hydrogen (secondary N) is 2. The molecule has 1 saturated heterocycles. The molecule has 8 heteroatoms. The monoisotopic (exact) mass is 462 g/mol. The van der Waals surface area contributed by atoms with Gasteiger partial charge in [0, 0.05) is 31.7 Å². The fourth-order valence-electron chi connectivity index (χ4n) is 3.36. The molecule has 0 unspecified atom stereocenters. The van der Waals surface area contributed by atoms with Gasteiger partial charge in [-0.1, -0.05) is 44.2 Å². The van der Waals surface area contributed by atoms with Crippen LogP contribution in [-0.4, -0.2) is 31.2 Å². The molecule has 3 rings (SSSR count). The lowest BCUT2D eigenvalue weighted by molar-refractivity contribution is 0.0162. The van der Waals surface area contributed by atoms with E-state index in [9.17, 15) is 18.4 Å². The molecule has 0 bridgehead atoms. The van der Waals surface area contributed by atoms with Crippen LogP contribution >= 0.6 is 0 Å². The molecule has 0 radical (unpaired) electrons. The minimum absolute atomic E-state index is 0.128. The number of benzene rings is 2. The predicted octanol–water partition coefficient (Wildman–Crippen LogP) is 5.33. The number of hydrogen-bond acceptors (Lipinski definition) is 4. The van der Waals surface area contributed by atoms with Gasteiger partial charge in [0.2, 0.25) is 0 Å². The molecule has 1 aliphatic rings. The summed E-state index contributed by atoms with van der Waals surface area (Å²) in [6.45, 7) is 7.60. The maximum Gasteiger partial charge on any atom is 0.321 e. The van der Waals surface area contributed by atoms with E-state index in [-0.39, 0.29) is 18.2 Å². The van der Waals surface area contributed by atoms with Crippen molar-refractivity contribution in [3.8, 4) is 5.75 Å². The highest BCUT2D eigenvalue weighted by Crippen LogP contribution is 2.34. The smallest absolute Gasteiger partial charge is 0.321 e. The molecule has 2 N–H and O–H groups in total. The number of carbonyl (C=O) groups excluding carboxylic acids is 2. The molecule has 0 aromatic heterocycles. The lowest BCUT2D eigenvalue weighted by Gasteiger charge is -2.23. The van der Waals surface area contributed by atoms with Crippen molar-refractivity contribution in [1.29, 1.82) is 0 Å². The van der Waals surface area contributed by atoms with Gasteiger partial charge < -0.3 is 14.8 Å². The van der Waals surface area contributed by atoms with Crippen LogP contribution in [0.15, 0.2) is 42.5 Å². The fraction of sp³-hybridized carbons (Fsp3) is 0.440. The summed E-state index contributed by atoms with van der Waals surface area (Å²) in [6, 6.07) is 11.0. The van der Waals surface area contributed by atoms with Gasteiger partial charge in [-0.2, -0.15) is 0 Å². The summed E-state index contributed by atoms with van der Waals surface area (Å²) in [5.74, 6) is -3.88. The fourth-order valence-corrected chi connectivity index (χ4v) is 3.36. The van der Waals surface area contributed by atoms with Crippen molar-refractivity contribution in [3.63, 3.8) is 0 Å². The molecule has 1 heterocycles. The molecular formula is C25H32F2N2O4. The molecule has 0 atom stereocenters. The van der Waals surface area contributed by atoms with Gasteiger partial charge in [-0.15, -0.1) is 0 Å². The average Bonchev–Trinajstić information content (AvgIpc) is 2.80. The van der Waals surface area contributed by atoms with Crippen molar-refractivity contribution in [2.45, 2.75) is 59.1 Å². The molecule has 2 aromatic carbocycles. The van der Waals surface area contributed by atoms with E-state index >= 15 is 0 Å². The first-order valence-corrected chi connectivity index (χ1v) is 11.1. The lowest BCUT2D eigenvalue weighted by Crippen LogP contribution is -2.46. The molecule has 0 aliphatic carbocycles. The van der Waals surface area contributed by atoms with E-state index in [0.717, 1.165) is 5.56 Å². The Morgan fingerprint density at radius 2 is 1.76 bits per heavy atom. The summed E-state index contributed by atoms with van der Waals surface area (Å²) in [4.78, 5) is 24.9. The summed E-state index contributed by atoms with van der Waals surface area (Å²) >= 11 is 0. The van der Waals surface area contributed by atoms with Crippen LogP contribution in [0.5, 0.6) is 5.75 Å². The maximum atomic E-state index is 14.2. The second-order valence-corrected chi connectivity index (χ2v) is 7.64. The lowest BCUT2D eigenvalue weighted by atomic mass is 9.98. The van der Waals surface area contributed by atoms with Crippen molar-refractivity contribution in [1.82, 2.24) is 10.6 Å². The highest BCUT2D eigenvalue weighted by molar-refractivity contribution is 6.05. The first-order valence-electron chi connectivity index (χ1n) is 11.1. The number of alkyl halides is 2. The number of halogens is 2. The Morgan fingerprint density at radius 3 is 2.36 bits per heavy atom. The Hall–Kier alpha value is -3.00. The number of amides is 3. The number of rotatable bonds is 6. The minimum Gasteiger partial charge on any atom is -0.489 e. The molecule has 6 nitrogen and oxygen atoms in total. The molecule has 1 aliphatic heterocycles. The van der Waals surface area contributed by atoms with Crippen molar-refractivity contribution >= 4 is 11.9 Å². The maximum absolute atomic E-state index is 14.2. The van der Waals surface area contributed by atoms with Crippen LogP contribution in [-0.2, 0) is 17.3 Å². The van der Waals surface area contributed by atoms with E-state index < -0.39 is 23.4 Å². The van der Waals surface area contributed by atoms with Crippen LogP contribution in [0, 0.1) is 6.92 Å². The zero-order valence-corrected chi connectivity index (χ0v) is 19.5. The Bertz CT molecular complexity index is 924. The van der Waals surface area contributed by atoms with Crippen LogP contribution in [0.4, 0.5) is 13.6 Å². The standard InChI is InChI=1S/C23H26F2N2O4.C2H6/c1-15-12-19(23(2,24)25)18(13-20(15)31-14-16-6-4-3-5-7-16)21(28)27-22(29)26-17-8-10-30-11-9-17;1-2/h3-7,12-13,17H,8-11,14H2,1-2H3,(H2,26,27,28,29);1-2H3. The second kappa shape index (κ2) is 12.3. The van der Waals surface area contributed by atoms with Crippen LogP contribution in [0.25, 0.3) is 0 Å². The Kier molecular flexibility index (Phi) is 9.78. The highest BCUT2D eigenvalue weighted by Gasteiger charge is 2.32. The zero-order valence-electron chi connectivity index (χ0n) is 19.5. The largest absolute Gasteiger partial charge is 0.489 e. The van der Waals surface area contributed by atoms with E-state index in [0.29, 0.717) is 44.3 Å². The molecule has 0 spiro atoms. The first kappa shape index (κ1) is 26.3. The van der Waals surface area contributed by atoms with Crippen LogP contribution < -0.4 is 15.4 Å². The van der Waals surface area contributed by atoms with Gasteiger partial charge in [0.25, 0.3) is 11.8 Å². The third kappa shape index (κ3) is 7.82. The van der Waals surface area contributed by atoms with Crippen molar-refractivity contribution in [2.24, 2.45) is 0 Å². The van der Waals surface area contributed by atoms with Gasteiger partial charge in [-0.25, -0.2) is 13.6 Å². The quantitative estimate of drug-likeness (QED) is 0.608. The van der Waals surface area contributed by atoms with Crippen LogP contribution in [0.2, 0.25) is 0 Å². The van der Waals surface area contributed by atoms with E-state index in [4.69, 9.17) is 9.47 Å². The Morgan fingerprint density at radius 1 is 1.12 bits per heavy atom. The summed E-state index contributed by atoms with van der Waals surface area (Å²) < 4.78 is 39.4. The number of imide groups is 1. The molecule has 180 valence electrons. The molecule has 0 saturated carbocycles. The van der Waals surface area contributed by atoms with Crippen LogP contribution in [0.3, 0.4) is 0 Å². The third-order valence-corrected chi connectivity index (χ3v) is 5.05. The SMILES string of the molecule is CC.Cc1cc(C(C)(F)F)c(C(=O)NC(=O)NC2CCOCC2)cc1OCc1ccccc1. The van der Waals surface area contributed by atoms with Crippen molar-refractivity contribution in [3.05, 3.63) is 64.7 Å². The van der Waals surface area contributed by atoms with E-state index in [1.807, 2.05) is 44.2 Å². The van der Waals surface area contributed by atoms with Crippen LogP contribution in [0.1, 0.15) is 60.7 Å². The van der Waals surface area contributed by atoms with Gasteiger partial charge in [-0.3, -0.25) is 10.1 Å². The van der Waals surface area contributed by atoms with Gasteiger partial charge in [-0.05, 0) is 43.0 Å². The molecule has 33 heavy (non-hydrogen) atoms. The topological polar surface area (TPSA) is 76.7 Å². The van der Waals surface area contributed by atoms with Gasteiger partial charge in [0.05, 0.1) is 5.56 Å². The molecule has 3 amide bonds. The predicted molar refractivity (Wildman–Crippen MR) is 123 cm³/mol. The van der Waals surface area contributed by atoms with Gasteiger partial charge >= 0.3 is 6.03 Å². The number of carbonyl (C=O) groups is 2. The number of hydrogen-bond donors (Lipinski definition) is 2. The first-order chi connectivity index (χ1) is 15.7. The Balaban J connectivity index is 0.00000187. The van der Waals surface area contributed by atoms with E-state index in [2.05, 4.69) is 10.6 Å². The normalized spacial score (nSPS) is 14.0. The van der Waals surface area contributed by atoms with Crippen molar-refractivity contribution in [2.75, 3.05) is 13.2 Å². The van der Waals surface area contributed by atoms with Gasteiger partial charge in [0.1, 0.15) is 12.4 Å². The van der Waals surface area contributed by atoms with Gasteiger partial charge in [0.15, 0.2) is 0 Å². The van der Waals surface area contributed by atoms with E-state index in [1.165, 1.54) is 12.1 Å².